The second kappa shape index (κ2) is 8.79. The summed E-state index contributed by atoms with van der Waals surface area (Å²) in [5.74, 6) is 0.660. The fourth-order valence-electron chi connectivity index (χ4n) is 1.89. The van der Waals surface area contributed by atoms with E-state index in [1.165, 1.54) is 6.42 Å². The maximum atomic E-state index is 11.6. The zero-order valence-electron chi connectivity index (χ0n) is 13.1. The minimum atomic E-state index is -0.0104. The van der Waals surface area contributed by atoms with Gasteiger partial charge in [0.15, 0.2) is 5.96 Å². The molecule has 0 saturated carbocycles. The van der Waals surface area contributed by atoms with Gasteiger partial charge in [0.05, 0.1) is 6.10 Å². The number of carbonyl (C=O) groups excluding carboxylic acids is 1. The molecule has 1 amide bonds. The van der Waals surface area contributed by atoms with Gasteiger partial charge >= 0.3 is 0 Å². The van der Waals surface area contributed by atoms with Crippen molar-refractivity contribution in [3.8, 4) is 0 Å². The molecule has 1 saturated heterocycles. The van der Waals surface area contributed by atoms with Crippen molar-refractivity contribution in [2.45, 2.75) is 45.3 Å². The fourth-order valence-corrected chi connectivity index (χ4v) is 1.89. The lowest BCUT2D eigenvalue weighted by atomic mass is 10.1. The number of hydrogen-bond acceptors (Lipinski definition) is 3. The summed E-state index contributed by atoms with van der Waals surface area (Å²) in [7, 11) is 3.47. The monoisotopic (exact) mass is 284 g/mol. The Kier molecular flexibility index (Phi) is 7.36. The number of aliphatic imine (C=N–C) groups is 1. The Morgan fingerprint density at radius 1 is 1.40 bits per heavy atom. The van der Waals surface area contributed by atoms with Gasteiger partial charge in [-0.3, -0.25) is 4.79 Å². The van der Waals surface area contributed by atoms with E-state index >= 15 is 0 Å². The minimum absolute atomic E-state index is 0.0104. The van der Waals surface area contributed by atoms with Crippen molar-refractivity contribution >= 4 is 11.9 Å². The van der Waals surface area contributed by atoms with Crippen LogP contribution in [-0.2, 0) is 9.53 Å². The molecule has 20 heavy (non-hydrogen) atoms. The van der Waals surface area contributed by atoms with E-state index in [2.05, 4.69) is 15.6 Å². The maximum Gasteiger partial charge on any atom is 0.243 e. The van der Waals surface area contributed by atoms with Gasteiger partial charge < -0.3 is 20.3 Å². The van der Waals surface area contributed by atoms with Crippen molar-refractivity contribution in [1.29, 1.82) is 0 Å². The number of amides is 1. The lowest BCUT2D eigenvalue weighted by molar-refractivity contribution is -0.127. The number of ether oxygens (including phenoxy) is 1. The Morgan fingerprint density at radius 3 is 2.70 bits per heavy atom. The molecule has 1 rings (SSSR count). The molecule has 1 unspecified atom stereocenters. The van der Waals surface area contributed by atoms with Crippen LogP contribution in [0.15, 0.2) is 4.99 Å². The van der Waals surface area contributed by atoms with E-state index in [0.29, 0.717) is 5.96 Å². The predicted octanol–water partition coefficient (Wildman–Crippen LogP) is 0.587. The first-order valence-corrected chi connectivity index (χ1v) is 7.35. The normalized spacial score (nSPS) is 19.9. The van der Waals surface area contributed by atoms with Gasteiger partial charge in [0.25, 0.3) is 0 Å². The summed E-state index contributed by atoms with van der Waals surface area (Å²) in [4.78, 5) is 17.4. The highest BCUT2D eigenvalue weighted by atomic mass is 16.5. The average Bonchev–Trinajstić information content (AvgIpc) is 2.42. The van der Waals surface area contributed by atoms with E-state index in [1.54, 1.807) is 19.0 Å². The SMILES string of the molecule is CC(C)NC(=NCC(=O)N(C)C)NCC1CCCCO1. The Hall–Kier alpha value is -1.30. The van der Waals surface area contributed by atoms with Crippen molar-refractivity contribution in [2.24, 2.45) is 4.99 Å². The second-order valence-electron chi connectivity index (χ2n) is 5.62. The summed E-state index contributed by atoms with van der Waals surface area (Å²) in [6.45, 7) is 5.81. The van der Waals surface area contributed by atoms with Crippen LogP contribution in [0.4, 0.5) is 0 Å². The van der Waals surface area contributed by atoms with Crippen LogP contribution in [-0.4, -0.2) is 62.7 Å². The van der Waals surface area contributed by atoms with Crippen LogP contribution < -0.4 is 10.6 Å². The number of rotatable bonds is 5. The first kappa shape index (κ1) is 16.8. The van der Waals surface area contributed by atoms with Gasteiger partial charge in [0.1, 0.15) is 6.54 Å². The average molecular weight is 284 g/mol. The smallest absolute Gasteiger partial charge is 0.243 e. The molecule has 6 nitrogen and oxygen atoms in total. The van der Waals surface area contributed by atoms with Crippen LogP contribution in [0.2, 0.25) is 0 Å². The third-order valence-corrected chi connectivity index (χ3v) is 3.07. The molecule has 0 bridgehead atoms. The highest BCUT2D eigenvalue weighted by molar-refractivity contribution is 5.84. The molecule has 1 aliphatic rings. The molecule has 0 aromatic heterocycles. The van der Waals surface area contributed by atoms with Crippen molar-refractivity contribution in [3.05, 3.63) is 0 Å². The summed E-state index contributed by atoms with van der Waals surface area (Å²) in [5, 5.41) is 6.48. The predicted molar refractivity (Wildman–Crippen MR) is 80.9 cm³/mol. The van der Waals surface area contributed by atoms with Gasteiger partial charge in [-0.05, 0) is 33.1 Å². The Morgan fingerprint density at radius 2 is 2.15 bits per heavy atom. The molecule has 1 fully saturated rings. The maximum absolute atomic E-state index is 11.6. The first-order chi connectivity index (χ1) is 9.49. The number of carbonyl (C=O) groups is 1. The molecular formula is C14H28N4O2. The lowest BCUT2D eigenvalue weighted by Crippen LogP contribution is -2.45. The third kappa shape index (κ3) is 6.75. The van der Waals surface area contributed by atoms with E-state index in [0.717, 1.165) is 26.0 Å². The third-order valence-electron chi connectivity index (χ3n) is 3.07. The molecule has 0 aromatic carbocycles. The molecule has 0 aromatic rings. The van der Waals surface area contributed by atoms with Crippen LogP contribution >= 0.6 is 0 Å². The molecule has 1 atom stereocenters. The van der Waals surface area contributed by atoms with Crippen molar-refractivity contribution < 1.29 is 9.53 Å². The molecule has 0 spiro atoms. The fraction of sp³-hybridized carbons (Fsp3) is 0.857. The van der Waals surface area contributed by atoms with Crippen LogP contribution in [0.5, 0.6) is 0 Å². The number of nitrogens with one attached hydrogen (secondary N) is 2. The van der Waals surface area contributed by atoms with E-state index in [9.17, 15) is 4.79 Å². The van der Waals surface area contributed by atoms with Crippen LogP contribution in [0.3, 0.4) is 0 Å². The Balaban J connectivity index is 2.45. The summed E-state index contributed by atoms with van der Waals surface area (Å²) >= 11 is 0. The van der Waals surface area contributed by atoms with E-state index < -0.39 is 0 Å². The topological polar surface area (TPSA) is 66.0 Å². The Bertz CT molecular complexity index is 323. The number of nitrogens with zero attached hydrogens (tertiary/aromatic N) is 2. The molecule has 6 heteroatoms. The van der Waals surface area contributed by atoms with Crippen LogP contribution in [0.1, 0.15) is 33.1 Å². The highest BCUT2D eigenvalue weighted by Crippen LogP contribution is 2.11. The molecule has 116 valence electrons. The van der Waals surface area contributed by atoms with Crippen LogP contribution in [0.25, 0.3) is 0 Å². The summed E-state index contributed by atoms with van der Waals surface area (Å²) in [6.07, 6.45) is 3.69. The van der Waals surface area contributed by atoms with Crippen molar-refractivity contribution in [2.75, 3.05) is 33.8 Å². The summed E-state index contributed by atoms with van der Waals surface area (Å²) in [5.41, 5.74) is 0. The molecule has 0 radical (unpaired) electrons. The van der Waals surface area contributed by atoms with Gasteiger partial charge in [-0.15, -0.1) is 0 Å². The van der Waals surface area contributed by atoms with Gasteiger partial charge in [-0.1, -0.05) is 0 Å². The number of guanidine groups is 1. The zero-order chi connectivity index (χ0) is 15.0. The quantitative estimate of drug-likeness (QED) is 0.573. The van der Waals surface area contributed by atoms with E-state index in [1.807, 2.05) is 13.8 Å². The standard InChI is InChI=1S/C14H28N4O2/c1-11(2)17-14(16-10-13(19)18(3)4)15-9-12-7-5-6-8-20-12/h11-12H,5-10H2,1-4H3,(H2,15,16,17). The number of hydrogen-bond donors (Lipinski definition) is 2. The van der Waals surface area contributed by atoms with Gasteiger partial charge in [-0.25, -0.2) is 4.99 Å². The summed E-state index contributed by atoms with van der Waals surface area (Å²) < 4.78 is 5.68. The zero-order valence-corrected chi connectivity index (χ0v) is 13.1. The van der Waals surface area contributed by atoms with E-state index in [-0.39, 0.29) is 24.6 Å². The van der Waals surface area contributed by atoms with Gasteiger partial charge in [0, 0.05) is 33.3 Å². The van der Waals surface area contributed by atoms with E-state index in [4.69, 9.17) is 4.74 Å². The van der Waals surface area contributed by atoms with Crippen molar-refractivity contribution in [1.82, 2.24) is 15.5 Å². The van der Waals surface area contributed by atoms with Crippen molar-refractivity contribution in [3.63, 3.8) is 0 Å². The molecule has 0 aliphatic carbocycles. The highest BCUT2D eigenvalue weighted by Gasteiger charge is 2.14. The van der Waals surface area contributed by atoms with Gasteiger partial charge in [0.2, 0.25) is 5.91 Å². The second-order valence-corrected chi connectivity index (χ2v) is 5.62. The largest absolute Gasteiger partial charge is 0.376 e. The molecular weight excluding hydrogens is 256 g/mol. The Labute approximate surface area is 122 Å². The lowest BCUT2D eigenvalue weighted by Gasteiger charge is -2.24. The number of likely N-dealkylation sites (N-methyl/N-ethyl adjacent to an activating group) is 1. The summed E-state index contributed by atoms with van der Waals surface area (Å²) in [6, 6.07) is 0.267. The van der Waals surface area contributed by atoms with Crippen LogP contribution in [0, 0.1) is 0 Å². The minimum Gasteiger partial charge on any atom is -0.376 e. The molecule has 2 N–H and O–H groups in total. The van der Waals surface area contributed by atoms with Gasteiger partial charge in [-0.2, -0.15) is 0 Å². The first-order valence-electron chi connectivity index (χ1n) is 7.35. The molecule has 1 heterocycles. The molecule has 1 aliphatic heterocycles.